The van der Waals surface area contributed by atoms with Crippen molar-refractivity contribution in [2.45, 2.75) is 0 Å². The second-order valence-corrected chi connectivity index (χ2v) is 4.30. The summed E-state index contributed by atoms with van der Waals surface area (Å²) in [5, 5.41) is 12.0. The normalized spacial score (nSPS) is 10.3. The average molecular weight is 255 g/mol. The summed E-state index contributed by atoms with van der Waals surface area (Å²) in [6.07, 6.45) is 0. The van der Waals surface area contributed by atoms with Crippen LogP contribution in [0.1, 0.15) is 10.5 Å². The molecule has 1 heterocycles. The fourth-order valence-corrected chi connectivity index (χ4v) is 2.20. The molecule has 0 saturated heterocycles. The molecule has 82 valence electrons. The van der Waals surface area contributed by atoms with Crippen LogP contribution < -0.4 is 10.4 Å². The Morgan fingerprint density at radius 2 is 2.19 bits per heavy atom. The molecule has 0 bridgehead atoms. The van der Waals surface area contributed by atoms with Gasteiger partial charge in [-0.2, -0.15) is 4.07 Å². The molecule has 0 fully saturated rings. The quantitative estimate of drug-likeness (QED) is 0.843. The molecular weight excluding hydrogens is 248 g/mol. The Morgan fingerprint density at radius 3 is 2.75 bits per heavy atom. The van der Waals surface area contributed by atoms with Gasteiger partial charge < -0.3 is 5.73 Å². The summed E-state index contributed by atoms with van der Waals surface area (Å²) in [6.45, 7) is 0. The molecule has 0 radical (unpaired) electrons. The maximum absolute atomic E-state index is 11.0. The Labute approximate surface area is 99.7 Å². The number of aromatic nitrogens is 2. The number of hydrogen-bond acceptors (Lipinski definition) is 4. The monoisotopic (exact) mass is 254 g/mol. The van der Waals surface area contributed by atoms with Crippen LogP contribution in [0, 0.1) is 5.41 Å². The van der Waals surface area contributed by atoms with Crippen molar-refractivity contribution < 1.29 is 4.79 Å². The van der Waals surface area contributed by atoms with Gasteiger partial charge in [-0.15, -0.1) is 5.10 Å². The predicted octanol–water partition coefficient (Wildman–Crippen LogP) is 1.17. The fraction of sp³-hybridized carbons (Fsp3) is 0. The van der Waals surface area contributed by atoms with Crippen molar-refractivity contribution in [3.63, 3.8) is 0 Å². The van der Waals surface area contributed by atoms with Crippen molar-refractivity contribution in [2.75, 3.05) is 0 Å². The molecule has 5 nitrogen and oxygen atoms in total. The lowest BCUT2D eigenvalue weighted by molar-refractivity contribution is 0.0994. The molecule has 1 aromatic heterocycles. The zero-order chi connectivity index (χ0) is 11.7. The van der Waals surface area contributed by atoms with Crippen molar-refractivity contribution >= 4 is 29.0 Å². The van der Waals surface area contributed by atoms with Crippen molar-refractivity contribution in [1.29, 1.82) is 5.41 Å². The van der Waals surface area contributed by atoms with Crippen molar-refractivity contribution in [3.8, 4) is 5.69 Å². The van der Waals surface area contributed by atoms with E-state index in [2.05, 4.69) is 5.10 Å². The largest absolute Gasteiger partial charge is 0.364 e. The highest BCUT2D eigenvalue weighted by Gasteiger charge is 2.12. The summed E-state index contributed by atoms with van der Waals surface area (Å²) >= 11 is 6.97. The zero-order valence-corrected chi connectivity index (χ0v) is 9.55. The molecular formula is C9H7ClN4OS. The average Bonchev–Trinajstić information content (AvgIpc) is 2.61. The second-order valence-electron chi connectivity index (χ2n) is 2.96. The number of nitrogens with zero attached hydrogens (tertiary/aromatic N) is 2. The highest BCUT2D eigenvalue weighted by Crippen LogP contribution is 2.19. The lowest BCUT2D eigenvalue weighted by atomic mass is 10.3. The highest BCUT2D eigenvalue weighted by molar-refractivity contribution is 7.04. The molecule has 7 heteroatoms. The fourth-order valence-electron chi connectivity index (χ4n) is 1.16. The van der Waals surface area contributed by atoms with Crippen LogP contribution >= 0.6 is 23.1 Å². The van der Waals surface area contributed by atoms with E-state index in [1.807, 2.05) is 0 Å². The summed E-state index contributed by atoms with van der Waals surface area (Å²) in [5.41, 5.74) is 5.65. The standard InChI is InChI=1S/C9H7ClN4OS/c10-5-3-1-2-4-6(5)14-13-7(8(11)15)9(12)16-14/h1-4,12H,(H2,11,15). The molecule has 0 aliphatic heterocycles. The van der Waals surface area contributed by atoms with E-state index in [1.165, 1.54) is 4.07 Å². The van der Waals surface area contributed by atoms with Crippen LogP contribution in [0.2, 0.25) is 5.02 Å². The number of para-hydroxylation sites is 1. The van der Waals surface area contributed by atoms with Crippen LogP contribution in [0.4, 0.5) is 0 Å². The minimum atomic E-state index is -0.716. The minimum Gasteiger partial charge on any atom is -0.364 e. The summed E-state index contributed by atoms with van der Waals surface area (Å²) in [7, 11) is 0. The van der Waals surface area contributed by atoms with E-state index in [4.69, 9.17) is 22.7 Å². The number of nitrogens with one attached hydrogen (secondary N) is 1. The number of nitrogens with two attached hydrogens (primary N) is 1. The van der Waals surface area contributed by atoms with Gasteiger partial charge in [0.1, 0.15) is 0 Å². The minimum absolute atomic E-state index is 0.0208. The van der Waals surface area contributed by atoms with E-state index < -0.39 is 5.91 Å². The summed E-state index contributed by atoms with van der Waals surface area (Å²) in [5.74, 6) is -0.716. The molecule has 0 aliphatic rings. The van der Waals surface area contributed by atoms with Crippen molar-refractivity contribution in [1.82, 2.24) is 9.17 Å². The first-order valence-corrected chi connectivity index (χ1v) is 5.44. The molecule has 0 atom stereocenters. The van der Waals surface area contributed by atoms with Crippen LogP contribution in [0.5, 0.6) is 0 Å². The number of primary amides is 1. The number of hydrogen-bond donors (Lipinski definition) is 2. The highest BCUT2D eigenvalue weighted by atomic mass is 35.5. The summed E-state index contributed by atoms with van der Waals surface area (Å²) in [6, 6.07) is 7.04. The van der Waals surface area contributed by atoms with Crippen LogP contribution in [0.15, 0.2) is 24.3 Å². The van der Waals surface area contributed by atoms with E-state index >= 15 is 0 Å². The number of carbonyl (C=O) groups excluding carboxylic acids is 1. The number of benzene rings is 1. The van der Waals surface area contributed by atoms with E-state index in [1.54, 1.807) is 24.3 Å². The van der Waals surface area contributed by atoms with Crippen LogP contribution in [0.25, 0.3) is 5.69 Å². The number of halogens is 1. The Balaban J connectivity index is 2.59. The van der Waals surface area contributed by atoms with Crippen LogP contribution in [0.3, 0.4) is 0 Å². The van der Waals surface area contributed by atoms with Gasteiger partial charge in [-0.25, -0.2) is 0 Å². The smallest absolute Gasteiger partial charge is 0.272 e. The second kappa shape index (κ2) is 4.07. The first kappa shape index (κ1) is 10.8. The van der Waals surface area contributed by atoms with E-state index in [9.17, 15) is 4.79 Å². The van der Waals surface area contributed by atoms with Crippen LogP contribution in [-0.4, -0.2) is 15.1 Å². The van der Waals surface area contributed by atoms with Gasteiger partial charge in [-0.1, -0.05) is 23.7 Å². The molecule has 1 amide bonds. The molecule has 3 N–H and O–H groups in total. The lowest BCUT2D eigenvalue weighted by Gasteiger charge is -2.00. The lowest BCUT2D eigenvalue weighted by Crippen LogP contribution is -2.19. The Hall–Kier alpha value is -1.66. The zero-order valence-electron chi connectivity index (χ0n) is 7.98. The van der Waals surface area contributed by atoms with Gasteiger partial charge in [0.15, 0.2) is 10.4 Å². The Kier molecular flexibility index (Phi) is 2.76. The third-order valence-electron chi connectivity index (χ3n) is 1.88. The number of amides is 1. The predicted molar refractivity (Wildman–Crippen MR) is 60.8 cm³/mol. The van der Waals surface area contributed by atoms with E-state index in [-0.39, 0.29) is 10.4 Å². The molecule has 16 heavy (non-hydrogen) atoms. The first-order valence-electron chi connectivity index (χ1n) is 4.29. The van der Waals surface area contributed by atoms with E-state index in [0.717, 1.165) is 11.5 Å². The van der Waals surface area contributed by atoms with Gasteiger partial charge in [0, 0.05) is 0 Å². The molecule has 2 aromatic rings. The third-order valence-corrected chi connectivity index (χ3v) is 3.02. The van der Waals surface area contributed by atoms with Gasteiger partial charge in [0.05, 0.1) is 10.7 Å². The molecule has 0 spiro atoms. The van der Waals surface area contributed by atoms with Gasteiger partial charge in [-0.05, 0) is 23.7 Å². The topological polar surface area (TPSA) is 84.8 Å². The first-order chi connectivity index (χ1) is 7.59. The summed E-state index contributed by atoms with van der Waals surface area (Å²) < 4.78 is 1.43. The van der Waals surface area contributed by atoms with Gasteiger partial charge in [0.2, 0.25) is 0 Å². The van der Waals surface area contributed by atoms with Crippen molar-refractivity contribution in [3.05, 3.63) is 39.7 Å². The molecule has 1 aromatic carbocycles. The van der Waals surface area contributed by atoms with Gasteiger partial charge in [-0.3, -0.25) is 10.2 Å². The SMILES string of the molecule is N=c1sn(-c2ccccc2Cl)nc1C(N)=O. The van der Waals surface area contributed by atoms with Gasteiger partial charge in [0.25, 0.3) is 5.91 Å². The number of carbonyl (C=O) groups is 1. The summed E-state index contributed by atoms with van der Waals surface area (Å²) in [4.78, 5) is 11.0. The maximum atomic E-state index is 11.0. The maximum Gasteiger partial charge on any atom is 0.272 e. The molecule has 2 rings (SSSR count). The molecule has 0 aliphatic carbocycles. The third kappa shape index (κ3) is 1.84. The Morgan fingerprint density at radius 1 is 1.50 bits per heavy atom. The van der Waals surface area contributed by atoms with Crippen molar-refractivity contribution in [2.24, 2.45) is 5.73 Å². The molecule has 0 saturated carbocycles. The van der Waals surface area contributed by atoms with Gasteiger partial charge >= 0.3 is 0 Å². The van der Waals surface area contributed by atoms with Crippen LogP contribution in [-0.2, 0) is 0 Å². The van der Waals surface area contributed by atoms with E-state index in [0.29, 0.717) is 10.7 Å². The Bertz CT molecular complexity index is 604. The number of rotatable bonds is 2. The molecule has 0 unspecified atom stereocenters.